The minimum absolute atomic E-state index is 0.0638. The minimum atomic E-state index is 0.0638. The summed E-state index contributed by atoms with van der Waals surface area (Å²) in [6.07, 6.45) is 2.62. The summed E-state index contributed by atoms with van der Waals surface area (Å²) in [7, 11) is 2.03. The third-order valence-electron chi connectivity index (χ3n) is 3.73. The van der Waals surface area contributed by atoms with Gasteiger partial charge in [0.25, 0.3) is 0 Å². The number of anilines is 1. The van der Waals surface area contributed by atoms with Crippen molar-refractivity contribution in [1.29, 1.82) is 0 Å². The van der Waals surface area contributed by atoms with E-state index in [0.29, 0.717) is 12.6 Å². The number of hydrogen-bond acceptors (Lipinski definition) is 2. The van der Waals surface area contributed by atoms with Gasteiger partial charge in [-0.15, -0.1) is 0 Å². The highest BCUT2D eigenvalue weighted by molar-refractivity contribution is 5.92. The molecule has 3 heteroatoms. The second-order valence-electron chi connectivity index (χ2n) is 5.41. The van der Waals surface area contributed by atoms with Crippen LogP contribution in [-0.4, -0.2) is 30.4 Å². The number of amides is 1. The lowest BCUT2D eigenvalue weighted by molar-refractivity contribution is -0.117. The van der Waals surface area contributed by atoms with Gasteiger partial charge in [-0.3, -0.25) is 9.69 Å². The standard InChI is InChI=1S/C15H22N2O/c1-11-4-8-14(9-5-11)16-15(18)10-17(3)12(2)13-6-7-13/h4-5,8-9,12-13H,6-7,10H2,1-3H3,(H,16,18)/t12-/m0/s1. The molecule has 0 heterocycles. The van der Waals surface area contributed by atoms with Crippen LogP contribution in [0.25, 0.3) is 0 Å². The summed E-state index contributed by atoms with van der Waals surface area (Å²) < 4.78 is 0. The lowest BCUT2D eigenvalue weighted by Gasteiger charge is -2.23. The zero-order chi connectivity index (χ0) is 13.1. The van der Waals surface area contributed by atoms with Crippen molar-refractivity contribution in [3.05, 3.63) is 29.8 Å². The fourth-order valence-corrected chi connectivity index (χ4v) is 2.15. The van der Waals surface area contributed by atoms with Crippen molar-refractivity contribution in [3.63, 3.8) is 0 Å². The molecular weight excluding hydrogens is 224 g/mol. The SMILES string of the molecule is Cc1ccc(NC(=O)CN(C)[C@@H](C)C2CC2)cc1. The minimum Gasteiger partial charge on any atom is -0.325 e. The number of nitrogens with one attached hydrogen (secondary N) is 1. The van der Waals surface area contributed by atoms with Crippen LogP contribution in [0.2, 0.25) is 0 Å². The first-order chi connectivity index (χ1) is 8.56. The van der Waals surface area contributed by atoms with E-state index in [0.717, 1.165) is 11.6 Å². The summed E-state index contributed by atoms with van der Waals surface area (Å²) in [5, 5.41) is 2.93. The first-order valence-electron chi connectivity index (χ1n) is 6.63. The van der Waals surface area contributed by atoms with E-state index in [9.17, 15) is 4.79 Å². The van der Waals surface area contributed by atoms with Crippen molar-refractivity contribution in [2.75, 3.05) is 18.9 Å². The topological polar surface area (TPSA) is 32.3 Å². The van der Waals surface area contributed by atoms with E-state index >= 15 is 0 Å². The molecule has 1 aliphatic rings. The van der Waals surface area contributed by atoms with Crippen LogP contribution in [0.1, 0.15) is 25.3 Å². The molecular formula is C15H22N2O. The predicted octanol–water partition coefficient (Wildman–Crippen LogP) is 2.66. The highest BCUT2D eigenvalue weighted by Crippen LogP contribution is 2.34. The summed E-state index contributed by atoms with van der Waals surface area (Å²) in [6.45, 7) is 4.71. The van der Waals surface area contributed by atoms with Gasteiger partial charge in [0.2, 0.25) is 5.91 Å². The molecule has 1 amide bonds. The van der Waals surface area contributed by atoms with E-state index in [2.05, 4.69) is 17.1 Å². The molecule has 0 bridgehead atoms. The Kier molecular flexibility index (Phi) is 4.02. The summed E-state index contributed by atoms with van der Waals surface area (Å²) >= 11 is 0. The Morgan fingerprint density at radius 2 is 2.00 bits per heavy atom. The third kappa shape index (κ3) is 3.57. The molecule has 0 aromatic heterocycles. The summed E-state index contributed by atoms with van der Waals surface area (Å²) in [6, 6.07) is 8.40. The van der Waals surface area contributed by atoms with Crippen LogP contribution in [0.15, 0.2) is 24.3 Å². The molecule has 2 rings (SSSR count). The number of benzene rings is 1. The van der Waals surface area contributed by atoms with Crippen molar-refractivity contribution in [2.24, 2.45) is 5.92 Å². The Morgan fingerprint density at radius 1 is 1.39 bits per heavy atom. The van der Waals surface area contributed by atoms with Gasteiger partial charge in [0.15, 0.2) is 0 Å². The van der Waals surface area contributed by atoms with Gasteiger partial charge in [-0.2, -0.15) is 0 Å². The van der Waals surface area contributed by atoms with Crippen LogP contribution in [0.3, 0.4) is 0 Å². The maximum Gasteiger partial charge on any atom is 0.238 e. The molecule has 1 aliphatic carbocycles. The van der Waals surface area contributed by atoms with Crippen LogP contribution in [0.5, 0.6) is 0 Å². The summed E-state index contributed by atoms with van der Waals surface area (Å²) in [5.41, 5.74) is 2.07. The number of nitrogens with zero attached hydrogens (tertiary/aromatic N) is 1. The van der Waals surface area contributed by atoms with E-state index in [1.165, 1.54) is 18.4 Å². The van der Waals surface area contributed by atoms with E-state index in [1.54, 1.807) is 0 Å². The first-order valence-corrected chi connectivity index (χ1v) is 6.63. The number of likely N-dealkylation sites (N-methyl/N-ethyl adjacent to an activating group) is 1. The lowest BCUT2D eigenvalue weighted by atomic mass is 10.2. The second kappa shape index (κ2) is 5.53. The molecule has 1 aromatic carbocycles. The molecule has 0 saturated heterocycles. The number of carbonyl (C=O) groups is 1. The largest absolute Gasteiger partial charge is 0.325 e. The average Bonchev–Trinajstić information content (AvgIpc) is 3.15. The fraction of sp³-hybridized carbons (Fsp3) is 0.533. The van der Waals surface area contributed by atoms with E-state index in [1.807, 2.05) is 38.2 Å². The molecule has 0 spiro atoms. The fourth-order valence-electron chi connectivity index (χ4n) is 2.15. The Morgan fingerprint density at radius 3 is 2.56 bits per heavy atom. The molecule has 3 nitrogen and oxygen atoms in total. The van der Waals surface area contributed by atoms with Crippen molar-refractivity contribution in [3.8, 4) is 0 Å². The van der Waals surface area contributed by atoms with Crippen LogP contribution >= 0.6 is 0 Å². The molecule has 1 atom stereocenters. The number of carbonyl (C=O) groups excluding carboxylic acids is 1. The summed E-state index contributed by atoms with van der Waals surface area (Å²) in [5.74, 6) is 0.857. The van der Waals surface area contributed by atoms with Gasteiger partial charge >= 0.3 is 0 Å². The number of rotatable bonds is 5. The Hall–Kier alpha value is -1.35. The van der Waals surface area contributed by atoms with Crippen LogP contribution < -0.4 is 5.32 Å². The second-order valence-corrected chi connectivity index (χ2v) is 5.41. The van der Waals surface area contributed by atoms with Gasteiger partial charge in [0.1, 0.15) is 0 Å². The molecule has 1 aromatic rings. The quantitative estimate of drug-likeness (QED) is 0.866. The van der Waals surface area contributed by atoms with Crippen molar-refractivity contribution >= 4 is 11.6 Å². The monoisotopic (exact) mass is 246 g/mol. The van der Waals surface area contributed by atoms with Gasteiger partial charge in [-0.25, -0.2) is 0 Å². The van der Waals surface area contributed by atoms with Crippen molar-refractivity contribution in [1.82, 2.24) is 4.90 Å². The summed E-state index contributed by atoms with van der Waals surface area (Å²) in [4.78, 5) is 14.0. The molecule has 18 heavy (non-hydrogen) atoms. The molecule has 0 radical (unpaired) electrons. The van der Waals surface area contributed by atoms with E-state index < -0.39 is 0 Å². The van der Waals surface area contributed by atoms with Gasteiger partial charge in [0.05, 0.1) is 6.54 Å². The van der Waals surface area contributed by atoms with Gasteiger partial charge in [-0.05, 0) is 51.8 Å². The number of aryl methyl sites for hydroxylation is 1. The maximum atomic E-state index is 11.9. The Balaban J connectivity index is 1.82. The van der Waals surface area contributed by atoms with Gasteiger partial charge in [-0.1, -0.05) is 17.7 Å². The average molecular weight is 246 g/mol. The van der Waals surface area contributed by atoms with Crippen LogP contribution in [0, 0.1) is 12.8 Å². The van der Waals surface area contributed by atoms with Crippen LogP contribution in [-0.2, 0) is 4.79 Å². The van der Waals surface area contributed by atoms with Gasteiger partial charge < -0.3 is 5.32 Å². The molecule has 1 N–H and O–H groups in total. The molecule has 1 saturated carbocycles. The Labute approximate surface area is 109 Å². The molecule has 0 aliphatic heterocycles. The molecule has 1 fully saturated rings. The van der Waals surface area contributed by atoms with Crippen LogP contribution in [0.4, 0.5) is 5.69 Å². The zero-order valence-corrected chi connectivity index (χ0v) is 11.4. The number of hydrogen-bond donors (Lipinski definition) is 1. The van der Waals surface area contributed by atoms with Gasteiger partial charge in [0, 0.05) is 11.7 Å². The smallest absolute Gasteiger partial charge is 0.238 e. The zero-order valence-electron chi connectivity index (χ0n) is 11.4. The van der Waals surface area contributed by atoms with E-state index in [4.69, 9.17) is 0 Å². The van der Waals surface area contributed by atoms with Crippen molar-refractivity contribution < 1.29 is 4.79 Å². The lowest BCUT2D eigenvalue weighted by Crippen LogP contribution is -2.37. The molecule has 98 valence electrons. The van der Waals surface area contributed by atoms with Crippen molar-refractivity contribution in [2.45, 2.75) is 32.7 Å². The van der Waals surface area contributed by atoms with E-state index in [-0.39, 0.29) is 5.91 Å². The predicted molar refractivity (Wildman–Crippen MR) is 74.6 cm³/mol. The molecule has 0 unspecified atom stereocenters. The first kappa shape index (κ1) is 13.1. The normalized spacial score (nSPS) is 16.7. The third-order valence-corrected chi connectivity index (χ3v) is 3.73. The maximum absolute atomic E-state index is 11.9. The highest BCUT2D eigenvalue weighted by Gasteiger charge is 2.30. The highest BCUT2D eigenvalue weighted by atomic mass is 16.2. The Bertz CT molecular complexity index is 409.